The molecule has 0 bridgehead atoms. The molecule has 1 rings (SSSR count). The van der Waals surface area contributed by atoms with E-state index in [1.807, 2.05) is 6.20 Å². The van der Waals surface area contributed by atoms with Gasteiger partial charge in [-0.1, -0.05) is 27.2 Å². The van der Waals surface area contributed by atoms with Crippen molar-refractivity contribution in [2.45, 2.75) is 46.5 Å². The van der Waals surface area contributed by atoms with Gasteiger partial charge in [0.05, 0.1) is 0 Å². The molecular weight excluding hydrogens is 288 g/mol. The molecule has 1 aromatic heterocycles. The molecule has 0 radical (unpaired) electrons. The highest BCUT2D eigenvalue weighted by molar-refractivity contribution is 9.10. The van der Waals surface area contributed by atoms with Crippen LogP contribution in [0.15, 0.2) is 22.8 Å². The third kappa shape index (κ3) is 5.49. The first-order valence-corrected chi connectivity index (χ1v) is 7.70. The molecule has 1 unspecified atom stereocenters. The lowest BCUT2D eigenvalue weighted by atomic mass is 9.81. The van der Waals surface area contributed by atoms with Crippen LogP contribution < -0.4 is 5.32 Å². The second kappa shape index (κ2) is 7.90. The van der Waals surface area contributed by atoms with Gasteiger partial charge in [0.1, 0.15) is 0 Å². The van der Waals surface area contributed by atoms with Crippen molar-refractivity contribution in [3.8, 4) is 0 Å². The van der Waals surface area contributed by atoms with Gasteiger partial charge in [0.25, 0.3) is 0 Å². The monoisotopic (exact) mass is 312 g/mol. The van der Waals surface area contributed by atoms with Crippen molar-refractivity contribution in [2.24, 2.45) is 5.41 Å². The van der Waals surface area contributed by atoms with Gasteiger partial charge in [-0.3, -0.25) is 4.98 Å². The summed E-state index contributed by atoms with van der Waals surface area (Å²) in [4.78, 5) is 4.50. The topological polar surface area (TPSA) is 24.9 Å². The number of aromatic nitrogens is 1. The van der Waals surface area contributed by atoms with E-state index in [9.17, 15) is 0 Å². The lowest BCUT2D eigenvalue weighted by Gasteiger charge is -2.29. The Kier molecular flexibility index (Phi) is 6.87. The Morgan fingerprint density at radius 1 is 1.28 bits per heavy atom. The number of halogens is 1. The number of hydrogen-bond donors (Lipinski definition) is 1. The van der Waals surface area contributed by atoms with Crippen LogP contribution in [0.1, 0.15) is 45.7 Å². The number of pyridine rings is 1. The van der Waals surface area contributed by atoms with E-state index in [1.165, 1.54) is 25.0 Å². The van der Waals surface area contributed by atoms with Crippen molar-refractivity contribution in [1.82, 2.24) is 10.3 Å². The first kappa shape index (κ1) is 15.6. The fourth-order valence-corrected chi connectivity index (χ4v) is 2.59. The van der Waals surface area contributed by atoms with Crippen LogP contribution in [-0.2, 0) is 6.42 Å². The Morgan fingerprint density at radius 3 is 2.61 bits per heavy atom. The number of hydrogen-bond acceptors (Lipinski definition) is 2. The molecule has 0 saturated carbocycles. The van der Waals surface area contributed by atoms with Crippen LogP contribution in [0.5, 0.6) is 0 Å². The summed E-state index contributed by atoms with van der Waals surface area (Å²) in [6.07, 6.45) is 6.59. The predicted molar refractivity (Wildman–Crippen MR) is 81.8 cm³/mol. The SMILES string of the molecule is CCCNCC(C)(CCC)Cc1ccc(Br)cn1. The molecular formula is C15H25BrN2. The molecule has 1 heterocycles. The van der Waals surface area contributed by atoms with E-state index >= 15 is 0 Å². The van der Waals surface area contributed by atoms with Crippen molar-refractivity contribution in [3.05, 3.63) is 28.5 Å². The molecule has 0 aliphatic rings. The van der Waals surface area contributed by atoms with E-state index in [0.29, 0.717) is 5.41 Å². The van der Waals surface area contributed by atoms with E-state index in [0.717, 1.165) is 24.0 Å². The highest BCUT2D eigenvalue weighted by Crippen LogP contribution is 2.27. The van der Waals surface area contributed by atoms with E-state index < -0.39 is 0 Å². The standard InChI is InChI=1S/C15H25BrN2/c1-4-8-15(3,12-17-9-5-2)10-14-7-6-13(16)11-18-14/h6-7,11,17H,4-5,8-10,12H2,1-3H3. The van der Waals surface area contributed by atoms with Gasteiger partial charge in [-0.25, -0.2) is 0 Å². The number of rotatable bonds is 8. The maximum atomic E-state index is 4.50. The van der Waals surface area contributed by atoms with Crippen LogP contribution in [0.3, 0.4) is 0 Å². The van der Waals surface area contributed by atoms with Gasteiger partial charge < -0.3 is 5.32 Å². The average molecular weight is 313 g/mol. The van der Waals surface area contributed by atoms with Gasteiger partial charge in [0, 0.05) is 22.9 Å². The Labute approximate surface area is 120 Å². The molecule has 1 aromatic rings. The van der Waals surface area contributed by atoms with Gasteiger partial charge in [-0.15, -0.1) is 0 Å². The van der Waals surface area contributed by atoms with Gasteiger partial charge >= 0.3 is 0 Å². The first-order chi connectivity index (χ1) is 8.59. The molecule has 0 spiro atoms. The van der Waals surface area contributed by atoms with Crippen molar-refractivity contribution >= 4 is 15.9 Å². The van der Waals surface area contributed by atoms with Crippen LogP contribution in [0.25, 0.3) is 0 Å². The lowest BCUT2D eigenvalue weighted by Crippen LogP contribution is -2.34. The summed E-state index contributed by atoms with van der Waals surface area (Å²) in [5.74, 6) is 0. The summed E-state index contributed by atoms with van der Waals surface area (Å²) >= 11 is 3.43. The summed E-state index contributed by atoms with van der Waals surface area (Å²) in [5.41, 5.74) is 1.50. The molecule has 0 amide bonds. The molecule has 18 heavy (non-hydrogen) atoms. The largest absolute Gasteiger partial charge is 0.316 e. The molecule has 3 heteroatoms. The molecule has 0 aromatic carbocycles. The highest BCUT2D eigenvalue weighted by Gasteiger charge is 2.23. The first-order valence-electron chi connectivity index (χ1n) is 6.91. The van der Waals surface area contributed by atoms with E-state index in [-0.39, 0.29) is 0 Å². The van der Waals surface area contributed by atoms with Crippen LogP contribution in [0.4, 0.5) is 0 Å². The maximum absolute atomic E-state index is 4.50. The lowest BCUT2D eigenvalue weighted by molar-refractivity contribution is 0.273. The quantitative estimate of drug-likeness (QED) is 0.728. The van der Waals surface area contributed by atoms with Crippen molar-refractivity contribution < 1.29 is 0 Å². The Balaban J connectivity index is 2.62. The van der Waals surface area contributed by atoms with Crippen molar-refractivity contribution in [2.75, 3.05) is 13.1 Å². The second-order valence-electron chi connectivity index (χ2n) is 5.38. The molecule has 0 aliphatic heterocycles. The fraction of sp³-hybridized carbons (Fsp3) is 0.667. The summed E-state index contributed by atoms with van der Waals surface area (Å²) in [5, 5.41) is 3.56. The van der Waals surface area contributed by atoms with Crippen molar-refractivity contribution in [3.63, 3.8) is 0 Å². The van der Waals surface area contributed by atoms with E-state index in [4.69, 9.17) is 0 Å². The Hall–Kier alpha value is -0.410. The number of nitrogens with zero attached hydrogens (tertiary/aromatic N) is 1. The van der Waals surface area contributed by atoms with Crippen LogP contribution in [-0.4, -0.2) is 18.1 Å². The zero-order chi connectivity index (χ0) is 13.4. The smallest absolute Gasteiger partial charge is 0.0413 e. The predicted octanol–water partition coefficient (Wildman–Crippen LogP) is 4.19. The summed E-state index contributed by atoms with van der Waals surface area (Å²) in [6, 6.07) is 4.20. The van der Waals surface area contributed by atoms with Crippen LogP contribution in [0, 0.1) is 5.41 Å². The fourth-order valence-electron chi connectivity index (χ4n) is 2.36. The molecule has 0 saturated heterocycles. The average Bonchev–Trinajstić information content (AvgIpc) is 2.33. The molecule has 0 aliphatic carbocycles. The Morgan fingerprint density at radius 2 is 2.06 bits per heavy atom. The molecule has 1 N–H and O–H groups in total. The third-order valence-electron chi connectivity index (χ3n) is 3.23. The normalized spacial score (nSPS) is 14.4. The van der Waals surface area contributed by atoms with Gasteiger partial charge in [0.2, 0.25) is 0 Å². The van der Waals surface area contributed by atoms with Crippen LogP contribution in [0.2, 0.25) is 0 Å². The van der Waals surface area contributed by atoms with Crippen molar-refractivity contribution in [1.29, 1.82) is 0 Å². The minimum absolute atomic E-state index is 0.310. The van der Waals surface area contributed by atoms with Gasteiger partial charge in [-0.2, -0.15) is 0 Å². The zero-order valence-electron chi connectivity index (χ0n) is 11.8. The minimum Gasteiger partial charge on any atom is -0.316 e. The van der Waals surface area contributed by atoms with Gasteiger partial charge in [-0.05, 0) is 59.3 Å². The highest BCUT2D eigenvalue weighted by atomic mass is 79.9. The summed E-state index contributed by atoms with van der Waals surface area (Å²) in [7, 11) is 0. The number of nitrogens with one attached hydrogen (secondary N) is 1. The zero-order valence-corrected chi connectivity index (χ0v) is 13.4. The summed E-state index contributed by atoms with van der Waals surface area (Å²) in [6.45, 7) is 9.01. The maximum Gasteiger partial charge on any atom is 0.0413 e. The third-order valence-corrected chi connectivity index (χ3v) is 3.70. The minimum atomic E-state index is 0.310. The van der Waals surface area contributed by atoms with Crippen LogP contribution >= 0.6 is 15.9 Å². The molecule has 2 nitrogen and oxygen atoms in total. The van der Waals surface area contributed by atoms with E-state index in [2.05, 4.69) is 59.1 Å². The summed E-state index contributed by atoms with van der Waals surface area (Å²) < 4.78 is 1.05. The van der Waals surface area contributed by atoms with Gasteiger partial charge in [0.15, 0.2) is 0 Å². The molecule has 1 atom stereocenters. The molecule has 102 valence electrons. The van der Waals surface area contributed by atoms with E-state index in [1.54, 1.807) is 0 Å². The molecule has 0 fully saturated rings. The second-order valence-corrected chi connectivity index (χ2v) is 6.30. The Bertz CT molecular complexity index is 337.